The van der Waals surface area contributed by atoms with E-state index in [-0.39, 0.29) is 27.4 Å². The van der Waals surface area contributed by atoms with E-state index in [0.717, 1.165) is 25.8 Å². The SMILES string of the molecule is O=C(CC1CCCCN1)c1c(Cl)ccc(F)c1Cl. The average Bonchev–Trinajstić information content (AvgIpc) is 2.36. The van der Waals surface area contributed by atoms with Crippen molar-refractivity contribution in [2.24, 2.45) is 0 Å². The second-order valence-corrected chi connectivity index (χ2v) is 5.28. The summed E-state index contributed by atoms with van der Waals surface area (Å²) in [6.07, 6.45) is 3.50. The summed E-state index contributed by atoms with van der Waals surface area (Å²) >= 11 is 11.7. The molecule has 5 heteroatoms. The quantitative estimate of drug-likeness (QED) is 0.676. The van der Waals surface area contributed by atoms with Gasteiger partial charge in [0.25, 0.3) is 0 Å². The first-order valence-electron chi connectivity index (χ1n) is 5.99. The molecule has 1 unspecified atom stereocenters. The Morgan fingerprint density at radius 1 is 1.39 bits per heavy atom. The van der Waals surface area contributed by atoms with Crippen molar-refractivity contribution in [1.82, 2.24) is 5.32 Å². The van der Waals surface area contributed by atoms with Crippen molar-refractivity contribution in [3.63, 3.8) is 0 Å². The van der Waals surface area contributed by atoms with Crippen LogP contribution in [0.1, 0.15) is 36.0 Å². The minimum Gasteiger partial charge on any atom is -0.314 e. The third kappa shape index (κ3) is 3.02. The minimum absolute atomic E-state index is 0.103. The highest BCUT2D eigenvalue weighted by atomic mass is 35.5. The first-order valence-corrected chi connectivity index (χ1v) is 6.75. The lowest BCUT2D eigenvalue weighted by Gasteiger charge is -2.23. The average molecular weight is 290 g/mol. The molecule has 2 rings (SSSR count). The maximum absolute atomic E-state index is 13.3. The van der Waals surface area contributed by atoms with Crippen molar-refractivity contribution >= 4 is 29.0 Å². The smallest absolute Gasteiger partial charge is 0.167 e. The normalized spacial score (nSPS) is 19.8. The van der Waals surface area contributed by atoms with Gasteiger partial charge in [-0.25, -0.2) is 4.39 Å². The van der Waals surface area contributed by atoms with Crippen LogP contribution in [0.15, 0.2) is 12.1 Å². The van der Waals surface area contributed by atoms with E-state index in [1.807, 2.05) is 0 Å². The number of carbonyl (C=O) groups is 1. The summed E-state index contributed by atoms with van der Waals surface area (Å²) in [5.41, 5.74) is 0.103. The van der Waals surface area contributed by atoms with Crippen molar-refractivity contribution < 1.29 is 9.18 Å². The molecule has 2 nitrogen and oxygen atoms in total. The van der Waals surface area contributed by atoms with E-state index in [9.17, 15) is 9.18 Å². The van der Waals surface area contributed by atoms with Crippen LogP contribution in [0.4, 0.5) is 4.39 Å². The van der Waals surface area contributed by atoms with Crippen molar-refractivity contribution in [2.45, 2.75) is 31.7 Å². The second-order valence-electron chi connectivity index (χ2n) is 4.49. The molecule has 0 amide bonds. The van der Waals surface area contributed by atoms with Gasteiger partial charge in [0.2, 0.25) is 0 Å². The summed E-state index contributed by atoms with van der Waals surface area (Å²) in [7, 11) is 0. The monoisotopic (exact) mass is 289 g/mol. The van der Waals surface area contributed by atoms with Crippen molar-refractivity contribution in [3.8, 4) is 0 Å². The van der Waals surface area contributed by atoms with Crippen LogP contribution in [0, 0.1) is 5.82 Å². The molecule has 1 N–H and O–H groups in total. The van der Waals surface area contributed by atoms with Crippen LogP contribution < -0.4 is 5.32 Å². The molecule has 1 aliphatic heterocycles. The summed E-state index contributed by atoms with van der Waals surface area (Å²) in [6, 6.07) is 2.67. The molecule has 0 saturated carbocycles. The Kier molecular flexibility index (Phi) is 4.60. The van der Waals surface area contributed by atoms with Crippen LogP contribution in [-0.4, -0.2) is 18.4 Å². The van der Waals surface area contributed by atoms with Crippen LogP contribution in [0.5, 0.6) is 0 Å². The number of hydrogen-bond donors (Lipinski definition) is 1. The Bertz CT molecular complexity index is 459. The number of ketones is 1. The van der Waals surface area contributed by atoms with E-state index in [0.29, 0.717) is 6.42 Å². The number of benzene rings is 1. The molecule has 98 valence electrons. The zero-order chi connectivity index (χ0) is 13.1. The maximum Gasteiger partial charge on any atom is 0.167 e. The third-order valence-electron chi connectivity index (χ3n) is 3.17. The Morgan fingerprint density at radius 3 is 2.83 bits per heavy atom. The predicted octanol–water partition coefficient (Wildman–Crippen LogP) is 3.85. The molecule has 18 heavy (non-hydrogen) atoms. The topological polar surface area (TPSA) is 29.1 Å². The molecule has 1 aromatic rings. The van der Waals surface area contributed by atoms with Crippen molar-refractivity contribution in [1.29, 1.82) is 0 Å². The summed E-state index contributed by atoms with van der Waals surface area (Å²) in [5.74, 6) is -0.815. The zero-order valence-corrected chi connectivity index (χ0v) is 11.3. The highest BCUT2D eigenvalue weighted by Gasteiger charge is 2.22. The van der Waals surface area contributed by atoms with E-state index in [1.165, 1.54) is 12.1 Å². The fourth-order valence-electron chi connectivity index (χ4n) is 2.21. The van der Waals surface area contributed by atoms with Crippen molar-refractivity contribution in [2.75, 3.05) is 6.54 Å². The predicted molar refractivity (Wildman–Crippen MR) is 71.0 cm³/mol. The summed E-state index contributed by atoms with van der Waals surface area (Å²) in [4.78, 5) is 12.1. The molecule has 1 atom stereocenters. The second kappa shape index (κ2) is 6.00. The number of carbonyl (C=O) groups excluding carboxylic acids is 1. The van der Waals surface area contributed by atoms with Gasteiger partial charge in [0.05, 0.1) is 15.6 Å². The van der Waals surface area contributed by atoms with Crippen LogP contribution in [0.25, 0.3) is 0 Å². The molecule has 1 aliphatic rings. The minimum atomic E-state index is -0.610. The molecule has 1 fully saturated rings. The molecule has 0 aromatic heterocycles. The summed E-state index contributed by atoms with van der Waals surface area (Å²) in [5, 5.41) is 3.31. The van der Waals surface area contributed by atoms with E-state index < -0.39 is 5.82 Å². The first kappa shape index (κ1) is 13.8. The molecule has 0 spiro atoms. The number of piperidine rings is 1. The van der Waals surface area contributed by atoms with Gasteiger partial charge >= 0.3 is 0 Å². The third-order valence-corrected chi connectivity index (χ3v) is 3.85. The Balaban J connectivity index is 2.15. The molecule has 0 radical (unpaired) electrons. The molecule has 0 aliphatic carbocycles. The number of hydrogen-bond acceptors (Lipinski definition) is 2. The molecule has 1 heterocycles. The van der Waals surface area contributed by atoms with Gasteiger partial charge in [-0.3, -0.25) is 4.79 Å². The van der Waals surface area contributed by atoms with E-state index in [4.69, 9.17) is 23.2 Å². The maximum atomic E-state index is 13.3. The summed E-state index contributed by atoms with van der Waals surface area (Å²) < 4.78 is 13.3. The zero-order valence-electron chi connectivity index (χ0n) is 9.81. The highest BCUT2D eigenvalue weighted by molar-refractivity contribution is 6.39. The van der Waals surface area contributed by atoms with Gasteiger partial charge in [0.1, 0.15) is 5.82 Å². The Morgan fingerprint density at radius 2 is 2.17 bits per heavy atom. The number of rotatable bonds is 3. The lowest BCUT2D eigenvalue weighted by molar-refractivity contribution is 0.0963. The van der Waals surface area contributed by atoms with E-state index >= 15 is 0 Å². The Hall–Kier alpha value is -0.640. The van der Waals surface area contributed by atoms with Gasteiger partial charge in [-0.15, -0.1) is 0 Å². The molecular formula is C13H14Cl2FNO. The fraction of sp³-hybridized carbons (Fsp3) is 0.462. The van der Waals surface area contributed by atoms with Gasteiger partial charge in [0, 0.05) is 12.5 Å². The largest absolute Gasteiger partial charge is 0.314 e. The number of nitrogens with one attached hydrogen (secondary N) is 1. The van der Waals surface area contributed by atoms with Gasteiger partial charge in [-0.1, -0.05) is 29.6 Å². The Labute approximate surface area is 115 Å². The first-order chi connectivity index (χ1) is 8.59. The lowest BCUT2D eigenvalue weighted by atomic mass is 9.97. The van der Waals surface area contributed by atoms with E-state index in [1.54, 1.807) is 0 Å². The highest BCUT2D eigenvalue weighted by Crippen LogP contribution is 2.29. The summed E-state index contributed by atoms with van der Waals surface area (Å²) in [6.45, 7) is 0.919. The van der Waals surface area contributed by atoms with Gasteiger partial charge in [-0.2, -0.15) is 0 Å². The molecular weight excluding hydrogens is 276 g/mol. The lowest BCUT2D eigenvalue weighted by Crippen LogP contribution is -2.35. The van der Waals surface area contributed by atoms with Gasteiger partial charge in [0.15, 0.2) is 5.78 Å². The van der Waals surface area contributed by atoms with Crippen molar-refractivity contribution in [3.05, 3.63) is 33.6 Å². The number of halogens is 3. The number of Topliss-reactive ketones (excluding diaryl/α,β-unsaturated/α-hetero) is 1. The van der Waals surface area contributed by atoms with Crippen LogP contribution in [0.3, 0.4) is 0 Å². The van der Waals surface area contributed by atoms with Gasteiger partial charge in [-0.05, 0) is 31.5 Å². The van der Waals surface area contributed by atoms with Crippen LogP contribution >= 0.6 is 23.2 Å². The van der Waals surface area contributed by atoms with E-state index in [2.05, 4.69) is 5.32 Å². The standard InChI is InChI=1S/C13H14Cl2FNO/c14-9-4-5-10(16)13(15)12(9)11(18)7-8-3-1-2-6-17-8/h4-5,8,17H,1-3,6-7H2. The molecule has 0 bridgehead atoms. The van der Waals surface area contributed by atoms with Crippen LogP contribution in [-0.2, 0) is 0 Å². The molecule has 1 saturated heterocycles. The molecule has 1 aromatic carbocycles. The fourth-order valence-corrected chi connectivity index (χ4v) is 2.79. The van der Waals surface area contributed by atoms with Gasteiger partial charge < -0.3 is 5.32 Å². The van der Waals surface area contributed by atoms with Crippen LogP contribution in [0.2, 0.25) is 10.0 Å².